The van der Waals surface area contributed by atoms with Crippen LogP contribution in [0.5, 0.6) is 0 Å². The van der Waals surface area contributed by atoms with E-state index in [1.165, 1.54) is 0 Å². The topological polar surface area (TPSA) is 54.4 Å². The van der Waals surface area contributed by atoms with Gasteiger partial charge in [-0.2, -0.15) is 5.10 Å². The number of aromatic nitrogens is 1. The van der Waals surface area contributed by atoms with Gasteiger partial charge in [-0.25, -0.2) is 5.43 Å². The Balaban J connectivity index is 1.95. The minimum Gasteiger partial charge on any atom is -0.266 e. The van der Waals surface area contributed by atoms with Gasteiger partial charge in [0.15, 0.2) is 0 Å². The maximum absolute atomic E-state index is 11.7. The monoisotopic (exact) mass is 265 g/mol. The highest BCUT2D eigenvalue weighted by Crippen LogP contribution is 2.01. The van der Waals surface area contributed by atoms with E-state index >= 15 is 0 Å². The molecule has 1 heterocycles. The lowest BCUT2D eigenvalue weighted by molar-refractivity contribution is 0.0950. The number of amides is 1. The molecule has 1 aromatic carbocycles. The third-order valence-electron chi connectivity index (χ3n) is 2.55. The zero-order valence-electron chi connectivity index (χ0n) is 11.2. The summed E-state index contributed by atoms with van der Waals surface area (Å²) < 4.78 is 0. The van der Waals surface area contributed by atoms with Crippen molar-refractivity contribution in [3.63, 3.8) is 0 Å². The summed E-state index contributed by atoms with van der Waals surface area (Å²) in [6.07, 6.45) is 5.35. The zero-order valence-corrected chi connectivity index (χ0v) is 11.2. The van der Waals surface area contributed by atoms with Crippen molar-refractivity contribution in [2.45, 2.75) is 6.92 Å². The van der Waals surface area contributed by atoms with Crippen molar-refractivity contribution in [3.8, 4) is 0 Å². The molecule has 2 aromatic rings. The number of rotatable bonds is 4. The summed E-state index contributed by atoms with van der Waals surface area (Å²) >= 11 is 0. The maximum Gasteiger partial charge on any atom is 0.289 e. The molecule has 0 saturated heterocycles. The van der Waals surface area contributed by atoms with Gasteiger partial charge in [-0.05, 0) is 30.7 Å². The molecule has 0 radical (unpaired) electrons. The van der Waals surface area contributed by atoms with Crippen LogP contribution >= 0.6 is 0 Å². The van der Waals surface area contributed by atoms with Crippen molar-refractivity contribution in [1.82, 2.24) is 10.4 Å². The summed E-state index contributed by atoms with van der Waals surface area (Å²) in [7, 11) is 0. The third kappa shape index (κ3) is 4.17. The molecule has 0 unspecified atom stereocenters. The van der Waals surface area contributed by atoms with Crippen LogP contribution in [0.3, 0.4) is 0 Å². The quantitative estimate of drug-likeness (QED) is 0.682. The minimum absolute atomic E-state index is 0.321. The number of nitrogens with zero attached hydrogens (tertiary/aromatic N) is 2. The van der Waals surface area contributed by atoms with Crippen molar-refractivity contribution in [2.75, 3.05) is 0 Å². The van der Waals surface area contributed by atoms with Crippen LogP contribution in [-0.2, 0) is 0 Å². The Morgan fingerprint density at radius 3 is 2.60 bits per heavy atom. The van der Waals surface area contributed by atoms with E-state index in [0.29, 0.717) is 11.4 Å². The predicted octanol–water partition coefficient (Wildman–Crippen LogP) is 2.90. The van der Waals surface area contributed by atoms with Crippen LogP contribution in [-0.4, -0.2) is 16.6 Å². The van der Waals surface area contributed by atoms with Crippen LogP contribution in [0.4, 0.5) is 0 Å². The SMILES string of the molecule is CC(/C=C/c1ccccc1)=N/NC(=O)c1ccccn1. The Bertz CT molecular complexity index is 619. The van der Waals surface area contributed by atoms with Crippen molar-refractivity contribution < 1.29 is 4.79 Å². The highest BCUT2D eigenvalue weighted by Gasteiger charge is 2.03. The molecule has 1 amide bonds. The number of carbonyl (C=O) groups is 1. The maximum atomic E-state index is 11.7. The Hall–Kier alpha value is -2.75. The van der Waals surface area contributed by atoms with Crippen LogP contribution < -0.4 is 5.43 Å². The number of hydrogen-bond donors (Lipinski definition) is 1. The Morgan fingerprint density at radius 2 is 1.90 bits per heavy atom. The number of hydrazone groups is 1. The fourth-order valence-electron chi connectivity index (χ4n) is 1.51. The molecule has 0 aliphatic heterocycles. The molecule has 0 fully saturated rings. The largest absolute Gasteiger partial charge is 0.289 e. The second-order valence-electron chi connectivity index (χ2n) is 4.15. The lowest BCUT2D eigenvalue weighted by atomic mass is 10.2. The van der Waals surface area contributed by atoms with E-state index in [4.69, 9.17) is 0 Å². The van der Waals surface area contributed by atoms with Crippen molar-refractivity contribution in [1.29, 1.82) is 0 Å². The van der Waals surface area contributed by atoms with Crippen LogP contribution in [0.1, 0.15) is 23.0 Å². The number of nitrogens with one attached hydrogen (secondary N) is 1. The fraction of sp³-hybridized carbons (Fsp3) is 0.0625. The summed E-state index contributed by atoms with van der Waals surface area (Å²) in [5, 5.41) is 4.01. The molecule has 1 N–H and O–H groups in total. The zero-order chi connectivity index (χ0) is 14.2. The van der Waals surface area contributed by atoms with Crippen molar-refractivity contribution in [3.05, 3.63) is 72.1 Å². The van der Waals surface area contributed by atoms with Gasteiger partial charge in [0.05, 0.1) is 5.71 Å². The van der Waals surface area contributed by atoms with E-state index < -0.39 is 0 Å². The molecular weight excluding hydrogens is 250 g/mol. The Morgan fingerprint density at radius 1 is 1.15 bits per heavy atom. The second kappa shape index (κ2) is 6.99. The van der Waals surface area contributed by atoms with Gasteiger partial charge in [-0.1, -0.05) is 42.5 Å². The number of allylic oxidation sites excluding steroid dienone is 1. The standard InChI is InChI=1S/C16H15N3O/c1-13(10-11-14-7-3-2-4-8-14)18-19-16(20)15-9-5-6-12-17-15/h2-12H,1H3,(H,19,20)/b11-10+,18-13-. The molecular formula is C16H15N3O. The minimum atomic E-state index is -0.321. The normalized spacial score (nSPS) is 11.6. The van der Waals surface area contributed by atoms with Crippen molar-refractivity contribution >= 4 is 17.7 Å². The first-order valence-corrected chi connectivity index (χ1v) is 6.24. The average molecular weight is 265 g/mol. The summed E-state index contributed by atoms with van der Waals surface area (Å²) in [6.45, 7) is 1.82. The van der Waals surface area contributed by atoms with Crippen LogP contribution in [0.25, 0.3) is 6.08 Å². The molecule has 0 saturated carbocycles. The molecule has 2 rings (SSSR count). The van der Waals surface area contributed by atoms with Gasteiger partial charge in [0.2, 0.25) is 0 Å². The van der Waals surface area contributed by atoms with E-state index in [1.807, 2.05) is 49.4 Å². The number of pyridine rings is 1. The van der Waals surface area contributed by atoms with E-state index in [9.17, 15) is 4.79 Å². The number of carbonyl (C=O) groups excluding carboxylic acids is 1. The molecule has 1 aromatic heterocycles. The van der Waals surface area contributed by atoms with Gasteiger partial charge in [0.1, 0.15) is 5.69 Å². The van der Waals surface area contributed by atoms with Crippen molar-refractivity contribution in [2.24, 2.45) is 5.10 Å². The average Bonchev–Trinajstić information content (AvgIpc) is 2.52. The highest BCUT2D eigenvalue weighted by molar-refractivity contribution is 5.98. The van der Waals surface area contributed by atoms with E-state index in [1.54, 1.807) is 24.4 Å². The molecule has 4 heteroatoms. The lowest BCUT2D eigenvalue weighted by Crippen LogP contribution is -2.19. The Kier molecular flexibility index (Phi) is 4.78. The predicted molar refractivity (Wildman–Crippen MR) is 80.3 cm³/mol. The number of benzene rings is 1. The molecule has 0 atom stereocenters. The Labute approximate surface area is 117 Å². The second-order valence-corrected chi connectivity index (χ2v) is 4.15. The van der Waals surface area contributed by atoms with Gasteiger partial charge in [0.25, 0.3) is 5.91 Å². The van der Waals surface area contributed by atoms with E-state index in [0.717, 1.165) is 5.56 Å². The van der Waals surface area contributed by atoms with Gasteiger partial charge in [-0.3, -0.25) is 9.78 Å². The lowest BCUT2D eigenvalue weighted by Gasteiger charge is -1.99. The van der Waals surface area contributed by atoms with E-state index in [2.05, 4.69) is 15.5 Å². The summed E-state index contributed by atoms with van der Waals surface area (Å²) in [5.74, 6) is -0.321. The highest BCUT2D eigenvalue weighted by atomic mass is 16.2. The van der Waals surface area contributed by atoms with Crippen LogP contribution in [0.2, 0.25) is 0 Å². The van der Waals surface area contributed by atoms with Crippen LogP contribution in [0, 0.1) is 0 Å². The van der Waals surface area contributed by atoms with Gasteiger partial charge >= 0.3 is 0 Å². The molecule has 0 bridgehead atoms. The summed E-state index contributed by atoms with van der Waals surface area (Å²) in [6, 6.07) is 15.0. The van der Waals surface area contributed by atoms with Gasteiger partial charge in [-0.15, -0.1) is 0 Å². The third-order valence-corrected chi connectivity index (χ3v) is 2.55. The molecule has 0 aliphatic rings. The summed E-state index contributed by atoms with van der Waals surface area (Å²) in [4.78, 5) is 15.7. The molecule has 0 spiro atoms. The smallest absolute Gasteiger partial charge is 0.266 e. The van der Waals surface area contributed by atoms with E-state index in [-0.39, 0.29) is 5.91 Å². The number of hydrogen-bond acceptors (Lipinski definition) is 3. The first kappa shape index (κ1) is 13.7. The van der Waals surface area contributed by atoms with Gasteiger partial charge < -0.3 is 0 Å². The summed E-state index contributed by atoms with van der Waals surface area (Å²) in [5.41, 5.74) is 4.60. The first-order valence-electron chi connectivity index (χ1n) is 6.24. The molecule has 20 heavy (non-hydrogen) atoms. The fourth-order valence-corrected chi connectivity index (χ4v) is 1.51. The molecule has 4 nitrogen and oxygen atoms in total. The molecule has 0 aliphatic carbocycles. The first-order chi connectivity index (χ1) is 9.75. The van der Waals surface area contributed by atoms with Gasteiger partial charge in [0, 0.05) is 6.20 Å². The van der Waals surface area contributed by atoms with Crippen LogP contribution in [0.15, 0.2) is 65.9 Å². The molecule has 100 valence electrons.